The van der Waals surface area contributed by atoms with E-state index in [-0.39, 0.29) is 11.9 Å². The van der Waals surface area contributed by atoms with Crippen LogP contribution in [-0.2, 0) is 6.42 Å². The fourth-order valence-electron chi connectivity index (χ4n) is 4.10. The number of ether oxygens (including phenoxy) is 1. The molecule has 0 radical (unpaired) electrons. The van der Waals surface area contributed by atoms with Gasteiger partial charge in [0, 0.05) is 11.8 Å². The van der Waals surface area contributed by atoms with Crippen molar-refractivity contribution in [3.05, 3.63) is 59.8 Å². The molecule has 1 aliphatic rings. The number of nitrogens with zero attached hydrogens (tertiary/aromatic N) is 5. The minimum Gasteiger partial charge on any atom is -0.479 e. The van der Waals surface area contributed by atoms with Crippen molar-refractivity contribution in [3.63, 3.8) is 0 Å². The van der Waals surface area contributed by atoms with Crippen molar-refractivity contribution in [3.8, 4) is 17.1 Å². The largest absolute Gasteiger partial charge is 0.479 e. The molecular formula is C21H19FN6O. The first kappa shape index (κ1) is 17.5. The molecule has 1 aliphatic carbocycles. The average molecular weight is 390 g/mol. The maximum Gasteiger partial charge on any atom is 0.250 e. The summed E-state index contributed by atoms with van der Waals surface area (Å²) in [4.78, 5) is 12.6. The van der Waals surface area contributed by atoms with E-state index in [4.69, 9.17) is 15.6 Å². The fourth-order valence-corrected chi connectivity index (χ4v) is 4.10. The van der Waals surface area contributed by atoms with Crippen molar-refractivity contribution in [2.24, 2.45) is 0 Å². The number of pyridine rings is 1. The Morgan fingerprint density at radius 1 is 1.21 bits per heavy atom. The Labute approximate surface area is 166 Å². The lowest BCUT2D eigenvalue weighted by atomic mass is 9.88. The minimum absolute atomic E-state index is 0.0292. The molecule has 146 valence electrons. The quantitative estimate of drug-likeness (QED) is 0.575. The molecule has 0 saturated carbocycles. The summed E-state index contributed by atoms with van der Waals surface area (Å²) in [6, 6.07) is 9.75. The number of hydrogen-bond acceptors (Lipinski definition) is 6. The summed E-state index contributed by atoms with van der Waals surface area (Å²) < 4.78 is 21.1. The lowest BCUT2D eigenvalue weighted by molar-refractivity contribution is 0.369. The average Bonchev–Trinajstić information content (AvgIpc) is 3.14. The first-order chi connectivity index (χ1) is 14.2. The summed E-state index contributed by atoms with van der Waals surface area (Å²) in [5.41, 5.74) is 10.4. The molecule has 0 bridgehead atoms. The van der Waals surface area contributed by atoms with Gasteiger partial charge in [-0.05, 0) is 36.5 Å². The number of fused-ring (bicyclic) bond motifs is 2. The first-order valence-corrected chi connectivity index (χ1v) is 9.43. The molecule has 3 heterocycles. The molecule has 7 nitrogen and oxygen atoms in total. The van der Waals surface area contributed by atoms with Gasteiger partial charge >= 0.3 is 0 Å². The van der Waals surface area contributed by atoms with E-state index >= 15 is 0 Å². The number of benzene rings is 1. The second kappa shape index (κ2) is 6.80. The number of nitrogens with two attached hydrogens (primary N) is 1. The van der Waals surface area contributed by atoms with Gasteiger partial charge in [0.2, 0.25) is 5.88 Å². The maximum atomic E-state index is 14.3. The monoisotopic (exact) mass is 390 g/mol. The standard InChI is InChI=1S/C21H19FN6O/c1-29-21-15(22)9-13(10-24-21)18-17-19(23)25-11-26-20(17)28(27-18)16-8-4-6-12-5-2-3-7-14(12)16/h2-3,5,7,9-11,16H,4,6,8H2,1H3,(H2,23,25,26). The van der Waals surface area contributed by atoms with Crippen molar-refractivity contribution in [1.82, 2.24) is 24.7 Å². The minimum atomic E-state index is -0.564. The summed E-state index contributed by atoms with van der Waals surface area (Å²) >= 11 is 0. The van der Waals surface area contributed by atoms with Gasteiger partial charge in [0.05, 0.1) is 18.5 Å². The van der Waals surface area contributed by atoms with Crippen LogP contribution in [0.1, 0.15) is 30.0 Å². The van der Waals surface area contributed by atoms with Crippen LogP contribution >= 0.6 is 0 Å². The zero-order valence-electron chi connectivity index (χ0n) is 15.8. The van der Waals surface area contributed by atoms with Crippen LogP contribution in [-0.4, -0.2) is 31.8 Å². The van der Waals surface area contributed by atoms with E-state index in [0.717, 1.165) is 19.3 Å². The lowest BCUT2D eigenvalue weighted by Crippen LogP contribution is -2.18. The van der Waals surface area contributed by atoms with Crippen LogP contribution in [0.25, 0.3) is 22.3 Å². The van der Waals surface area contributed by atoms with Crippen molar-refractivity contribution >= 4 is 16.9 Å². The molecular weight excluding hydrogens is 371 g/mol. The number of aromatic nitrogens is 5. The van der Waals surface area contributed by atoms with Gasteiger partial charge in [0.15, 0.2) is 11.5 Å². The molecule has 5 rings (SSSR count). The number of aryl methyl sites for hydroxylation is 1. The zero-order valence-corrected chi connectivity index (χ0v) is 15.8. The van der Waals surface area contributed by atoms with E-state index in [1.807, 2.05) is 10.7 Å². The third-order valence-corrected chi connectivity index (χ3v) is 5.43. The van der Waals surface area contributed by atoms with Crippen LogP contribution in [0.3, 0.4) is 0 Å². The van der Waals surface area contributed by atoms with Crippen molar-refractivity contribution < 1.29 is 9.13 Å². The van der Waals surface area contributed by atoms with Crippen LogP contribution < -0.4 is 10.5 Å². The van der Waals surface area contributed by atoms with Crippen LogP contribution in [0.5, 0.6) is 5.88 Å². The number of rotatable bonds is 3. The second-order valence-corrected chi connectivity index (χ2v) is 7.07. The Kier molecular flexibility index (Phi) is 4.12. The third-order valence-electron chi connectivity index (χ3n) is 5.43. The van der Waals surface area contributed by atoms with Crippen LogP contribution in [0.4, 0.5) is 10.2 Å². The highest BCUT2D eigenvalue weighted by molar-refractivity contribution is 5.98. The molecule has 0 saturated heterocycles. The fraction of sp³-hybridized carbons (Fsp3) is 0.238. The molecule has 1 aromatic carbocycles. The SMILES string of the molecule is COc1ncc(-c2nn(C3CCCc4ccccc43)c3ncnc(N)c23)cc1F. The molecule has 29 heavy (non-hydrogen) atoms. The van der Waals surface area contributed by atoms with Crippen molar-refractivity contribution in [1.29, 1.82) is 0 Å². The number of methoxy groups -OCH3 is 1. The van der Waals surface area contributed by atoms with E-state index < -0.39 is 5.82 Å². The Balaban J connectivity index is 1.74. The van der Waals surface area contributed by atoms with E-state index in [9.17, 15) is 4.39 Å². The molecule has 4 aromatic rings. The van der Waals surface area contributed by atoms with Gasteiger partial charge in [0.25, 0.3) is 0 Å². The molecule has 0 aliphatic heterocycles. The van der Waals surface area contributed by atoms with Crippen molar-refractivity contribution in [2.75, 3.05) is 12.8 Å². The Bertz CT molecular complexity index is 1220. The molecule has 1 atom stereocenters. The second-order valence-electron chi connectivity index (χ2n) is 7.07. The Morgan fingerprint density at radius 3 is 2.90 bits per heavy atom. The predicted molar refractivity (Wildman–Crippen MR) is 107 cm³/mol. The van der Waals surface area contributed by atoms with Crippen molar-refractivity contribution in [2.45, 2.75) is 25.3 Å². The molecule has 1 unspecified atom stereocenters. The number of nitrogen functional groups attached to an aromatic ring is 1. The van der Waals surface area contributed by atoms with Crippen LogP contribution in [0.2, 0.25) is 0 Å². The number of anilines is 1. The van der Waals surface area contributed by atoms with Gasteiger partial charge in [-0.1, -0.05) is 24.3 Å². The molecule has 0 fully saturated rings. The van der Waals surface area contributed by atoms with E-state index in [1.54, 1.807) is 0 Å². The van der Waals surface area contributed by atoms with Gasteiger partial charge in [-0.25, -0.2) is 24.0 Å². The molecule has 0 amide bonds. The lowest BCUT2D eigenvalue weighted by Gasteiger charge is -2.26. The Morgan fingerprint density at radius 2 is 2.07 bits per heavy atom. The first-order valence-electron chi connectivity index (χ1n) is 9.43. The number of halogens is 1. The van der Waals surface area contributed by atoms with E-state index in [2.05, 4.69) is 33.2 Å². The summed E-state index contributed by atoms with van der Waals surface area (Å²) in [5.74, 6) is -0.328. The van der Waals surface area contributed by atoms with Gasteiger partial charge in [0.1, 0.15) is 17.8 Å². The normalized spacial score (nSPS) is 16.0. The number of hydrogen-bond donors (Lipinski definition) is 1. The van der Waals surface area contributed by atoms with Gasteiger partial charge < -0.3 is 10.5 Å². The topological polar surface area (TPSA) is 91.7 Å². The highest BCUT2D eigenvalue weighted by Gasteiger charge is 2.27. The maximum absolute atomic E-state index is 14.3. The Hall–Kier alpha value is -3.55. The smallest absolute Gasteiger partial charge is 0.250 e. The summed E-state index contributed by atoms with van der Waals surface area (Å²) in [6.07, 6.45) is 5.99. The van der Waals surface area contributed by atoms with Gasteiger partial charge in [-0.2, -0.15) is 5.10 Å². The molecule has 0 spiro atoms. The summed E-state index contributed by atoms with van der Waals surface area (Å²) in [5, 5.41) is 5.43. The van der Waals surface area contributed by atoms with E-state index in [1.165, 1.54) is 36.8 Å². The van der Waals surface area contributed by atoms with Gasteiger partial charge in [-0.15, -0.1) is 0 Å². The van der Waals surface area contributed by atoms with E-state index in [0.29, 0.717) is 28.1 Å². The van der Waals surface area contributed by atoms with Crippen LogP contribution in [0, 0.1) is 5.82 Å². The molecule has 8 heteroatoms. The predicted octanol–water partition coefficient (Wildman–Crippen LogP) is 3.54. The molecule has 3 aromatic heterocycles. The van der Waals surface area contributed by atoms with Gasteiger partial charge in [-0.3, -0.25) is 0 Å². The molecule has 2 N–H and O–H groups in total. The van der Waals surface area contributed by atoms with Crippen LogP contribution in [0.15, 0.2) is 42.9 Å². The summed E-state index contributed by atoms with van der Waals surface area (Å²) in [6.45, 7) is 0. The highest BCUT2D eigenvalue weighted by Crippen LogP contribution is 2.38. The third kappa shape index (κ3) is 2.79. The zero-order chi connectivity index (χ0) is 20.0. The summed E-state index contributed by atoms with van der Waals surface area (Å²) in [7, 11) is 1.38. The highest BCUT2D eigenvalue weighted by atomic mass is 19.1.